The van der Waals surface area contributed by atoms with E-state index in [0.717, 1.165) is 19.3 Å². The van der Waals surface area contributed by atoms with Crippen molar-refractivity contribution in [3.63, 3.8) is 0 Å². The molecule has 0 saturated carbocycles. The van der Waals surface area contributed by atoms with Crippen molar-refractivity contribution in [1.82, 2.24) is 5.32 Å². The molecule has 1 N–H and O–H groups in total. The van der Waals surface area contributed by atoms with E-state index in [0.29, 0.717) is 36.7 Å². The first-order chi connectivity index (χ1) is 13.5. The minimum absolute atomic E-state index is 0.125. The van der Waals surface area contributed by atoms with Crippen LogP contribution in [-0.4, -0.2) is 33.2 Å². The number of benzene rings is 2. The van der Waals surface area contributed by atoms with Gasteiger partial charge >= 0.3 is 0 Å². The van der Waals surface area contributed by atoms with Crippen LogP contribution >= 0.6 is 0 Å². The number of anilines is 1. The molecule has 0 bridgehead atoms. The van der Waals surface area contributed by atoms with Gasteiger partial charge in [0.05, 0.1) is 11.4 Å². The van der Waals surface area contributed by atoms with Crippen LogP contribution in [-0.2, 0) is 16.4 Å². The molecule has 1 aliphatic rings. The molecule has 6 heteroatoms. The number of hydrogen-bond acceptors (Lipinski definition) is 3. The van der Waals surface area contributed by atoms with Gasteiger partial charge < -0.3 is 5.32 Å². The molecule has 1 heterocycles. The smallest absolute Gasteiger partial charge is 0.251 e. The molecule has 1 amide bonds. The van der Waals surface area contributed by atoms with Crippen LogP contribution in [0.5, 0.6) is 0 Å². The van der Waals surface area contributed by atoms with Gasteiger partial charge in [-0.15, -0.1) is 0 Å². The summed E-state index contributed by atoms with van der Waals surface area (Å²) in [7, 11) is -3.23. The molecule has 150 valence electrons. The van der Waals surface area contributed by atoms with Crippen LogP contribution in [0.2, 0.25) is 0 Å². The first-order valence-electron chi connectivity index (χ1n) is 9.92. The Morgan fingerprint density at radius 1 is 1.07 bits per heavy atom. The third-order valence-corrected chi connectivity index (χ3v) is 7.13. The second kappa shape index (κ2) is 9.24. The minimum Gasteiger partial charge on any atom is -0.352 e. The summed E-state index contributed by atoms with van der Waals surface area (Å²) in [6, 6.07) is 17.1. The second-order valence-electron chi connectivity index (χ2n) is 7.32. The summed E-state index contributed by atoms with van der Waals surface area (Å²) in [5.41, 5.74) is 2.45. The number of nitrogens with one attached hydrogen (secondary N) is 1. The molecule has 5 nitrogen and oxygen atoms in total. The summed E-state index contributed by atoms with van der Waals surface area (Å²) < 4.78 is 25.9. The summed E-state index contributed by atoms with van der Waals surface area (Å²) in [6.07, 6.45) is 3.49. The van der Waals surface area contributed by atoms with Gasteiger partial charge in [-0.25, -0.2) is 8.42 Å². The second-order valence-corrected chi connectivity index (χ2v) is 9.33. The molecule has 28 heavy (non-hydrogen) atoms. The number of rotatable bonds is 7. The lowest BCUT2D eigenvalue weighted by molar-refractivity contribution is 0.0946. The van der Waals surface area contributed by atoms with Crippen molar-refractivity contribution in [1.29, 1.82) is 0 Å². The largest absolute Gasteiger partial charge is 0.352 e. The van der Waals surface area contributed by atoms with E-state index in [-0.39, 0.29) is 11.7 Å². The summed E-state index contributed by atoms with van der Waals surface area (Å²) >= 11 is 0. The first-order valence-corrected chi connectivity index (χ1v) is 11.5. The Hall–Kier alpha value is -2.34. The SMILES string of the molecule is CCC(CNC(=O)c1ccc(N2CCCCS2(=O)=O)cc1)Cc1ccccc1. The number of amides is 1. The van der Waals surface area contributed by atoms with Gasteiger partial charge in [-0.2, -0.15) is 0 Å². The Morgan fingerprint density at radius 3 is 2.43 bits per heavy atom. The van der Waals surface area contributed by atoms with E-state index in [1.165, 1.54) is 9.87 Å². The van der Waals surface area contributed by atoms with Crippen molar-refractivity contribution in [3.8, 4) is 0 Å². The normalized spacial score (nSPS) is 17.1. The lowest BCUT2D eigenvalue weighted by atomic mass is 9.97. The van der Waals surface area contributed by atoms with Crippen LogP contribution in [0.25, 0.3) is 0 Å². The van der Waals surface area contributed by atoms with Crippen molar-refractivity contribution in [3.05, 3.63) is 65.7 Å². The standard InChI is InChI=1S/C22H28N2O3S/c1-2-18(16-19-8-4-3-5-9-19)17-23-22(25)20-10-12-21(13-11-20)24-14-6-7-15-28(24,26)27/h3-5,8-13,18H,2,6-7,14-17H2,1H3,(H,23,25). The van der Waals surface area contributed by atoms with E-state index in [1.54, 1.807) is 24.3 Å². The monoisotopic (exact) mass is 400 g/mol. The number of hydrogen-bond donors (Lipinski definition) is 1. The van der Waals surface area contributed by atoms with Crippen molar-refractivity contribution < 1.29 is 13.2 Å². The number of carbonyl (C=O) groups excluding carboxylic acids is 1. The molecule has 1 unspecified atom stereocenters. The number of nitrogens with zero attached hydrogens (tertiary/aromatic N) is 1. The Labute approximate surface area is 167 Å². The zero-order valence-corrected chi connectivity index (χ0v) is 17.1. The van der Waals surface area contributed by atoms with Crippen molar-refractivity contribution in [2.24, 2.45) is 5.92 Å². The minimum atomic E-state index is -3.23. The van der Waals surface area contributed by atoms with E-state index < -0.39 is 10.0 Å². The van der Waals surface area contributed by atoms with Crippen molar-refractivity contribution in [2.45, 2.75) is 32.6 Å². The maximum atomic E-state index is 12.5. The predicted octanol–water partition coefficient (Wildman–Crippen LogP) is 3.62. The van der Waals surface area contributed by atoms with Gasteiger partial charge in [-0.1, -0.05) is 43.7 Å². The summed E-state index contributed by atoms with van der Waals surface area (Å²) in [5.74, 6) is 0.443. The highest BCUT2D eigenvalue weighted by molar-refractivity contribution is 7.92. The highest BCUT2D eigenvalue weighted by Gasteiger charge is 2.26. The fourth-order valence-electron chi connectivity index (χ4n) is 3.51. The van der Waals surface area contributed by atoms with Crippen LogP contribution in [0.4, 0.5) is 5.69 Å². The molecule has 0 aromatic heterocycles. The van der Waals surface area contributed by atoms with Gasteiger partial charge in [0.25, 0.3) is 5.91 Å². The van der Waals surface area contributed by atoms with Gasteiger partial charge in [0.15, 0.2) is 0 Å². The summed E-state index contributed by atoms with van der Waals surface area (Å²) in [6.45, 7) is 3.26. The molecule has 1 saturated heterocycles. The van der Waals surface area contributed by atoms with Crippen LogP contribution in [0.15, 0.2) is 54.6 Å². The van der Waals surface area contributed by atoms with E-state index in [4.69, 9.17) is 0 Å². The predicted molar refractivity (Wildman–Crippen MR) is 113 cm³/mol. The zero-order chi connectivity index (χ0) is 20.0. The molecule has 1 aliphatic heterocycles. The fourth-order valence-corrected chi connectivity index (χ4v) is 5.14. The number of sulfonamides is 1. The summed E-state index contributed by atoms with van der Waals surface area (Å²) in [5, 5.41) is 3.01. The topological polar surface area (TPSA) is 66.5 Å². The van der Waals surface area contributed by atoms with Crippen LogP contribution in [0.1, 0.15) is 42.1 Å². The molecule has 1 fully saturated rings. The molecular formula is C22H28N2O3S. The molecule has 2 aromatic rings. The average Bonchev–Trinajstić information content (AvgIpc) is 2.71. The Kier molecular flexibility index (Phi) is 6.73. The van der Waals surface area contributed by atoms with Gasteiger partial charge in [0, 0.05) is 18.7 Å². The highest BCUT2D eigenvalue weighted by Crippen LogP contribution is 2.23. The maximum Gasteiger partial charge on any atom is 0.251 e. The fraction of sp³-hybridized carbons (Fsp3) is 0.409. The number of carbonyl (C=O) groups is 1. The zero-order valence-electron chi connectivity index (χ0n) is 16.3. The van der Waals surface area contributed by atoms with Crippen LogP contribution < -0.4 is 9.62 Å². The van der Waals surface area contributed by atoms with E-state index in [9.17, 15) is 13.2 Å². The van der Waals surface area contributed by atoms with E-state index >= 15 is 0 Å². The molecular weight excluding hydrogens is 372 g/mol. The van der Waals surface area contributed by atoms with Gasteiger partial charge in [-0.3, -0.25) is 9.10 Å². The van der Waals surface area contributed by atoms with E-state index in [1.807, 2.05) is 18.2 Å². The maximum absolute atomic E-state index is 12.5. The third kappa shape index (κ3) is 5.13. The first kappa shape index (κ1) is 20.4. The molecule has 1 atom stereocenters. The van der Waals surface area contributed by atoms with E-state index in [2.05, 4.69) is 24.4 Å². The molecule has 2 aromatic carbocycles. The Balaban J connectivity index is 1.58. The van der Waals surface area contributed by atoms with Crippen LogP contribution in [0.3, 0.4) is 0 Å². The average molecular weight is 401 g/mol. The Morgan fingerprint density at radius 2 is 1.79 bits per heavy atom. The molecule has 0 radical (unpaired) electrons. The lowest BCUT2D eigenvalue weighted by Gasteiger charge is -2.28. The molecule has 3 rings (SSSR count). The van der Waals surface area contributed by atoms with Gasteiger partial charge in [0.2, 0.25) is 10.0 Å². The lowest BCUT2D eigenvalue weighted by Crippen LogP contribution is -2.37. The molecule has 0 spiro atoms. The highest BCUT2D eigenvalue weighted by atomic mass is 32.2. The van der Waals surface area contributed by atoms with Crippen molar-refractivity contribution >= 4 is 21.6 Å². The van der Waals surface area contributed by atoms with Gasteiger partial charge in [0.1, 0.15) is 0 Å². The molecule has 0 aliphatic carbocycles. The quantitative estimate of drug-likeness (QED) is 0.772. The van der Waals surface area contributed by atoms with Crippen LogP contribution in [0, 0.1) is 5.92 Å². The summed E-state index contributed by atoms with van der Waals surface area (Å²) in [4.78, 5) is 12.5. The third-order valence-electron chi connectivity index (χ3n) is 5.26. The Bertz CT molecular complexity index is 880. The van der Waals surface area contributed by atoms with Crippen molar-refractivity contribution in [2.75, 3.05) is 23.1 Å². The van der Waals surface area contributed by atoms with Gasteiger partial charge in [-0.05, 0) is 55.0 Å².